The molecule has 0 aromatic heterocycles. The number of nitrogens with one attached hydrogen (secondary N) is 2. The summed E-state index contributed by atoms with van der Waals surface area (Å²) in [5.41, 5.74) is 5.65. The second-order valence-corrected chi connectivity index (χ2v) is 6.35. The van der Waals surface area contributed by atoms with E-state index in [1.165, 1.54) is 6.07 Å². The number of nitrogens with zero attached hydrogens (tertiary/aromatic N) is 2. The average Bonchev–Trinajstić information content (AvgIpc) is 2.55. The van der Waals surface area contributed by atoms with E-state index in [0.717, 1.165) is 12.8 Å². The van der Waals surface area contributed by atoms with Crippen LogP contribution in [0.5, 0.6) is 0 Å². The standard InChI is InChI=1S/C18H26N4O2/c1-13(2)8-10-19-21-17(23)15-6-5-7-16(12-15)18(24)22-20-11-9-14(3)4/h5-7,10-14H,8-9H2,1-4H3,(H,21,23)(H,22,24)/b19-10+,20-11?. The summed E-state index contributed by atoms with van der Waals surface area (Å²) in [4.78, 5) is 24.0. The average molecular weight is 330 g/mol. The van der Waals surface area contributed by atoms with Gasteiger partial charge in [0.25, 0.3) is 11.8 Å². The predicted octanol–water partition coefficient (Wildman–Crippen LogP) is 3.21. The van der Waals surface area contributed by atoms with Crippen molar-refractivity contribution >= 4 is 24.2 Å². The molecule has 6 nitrogen and oxygen atoms in total. The highest BCUT2D eigenvalue weighted by atomic mass is 16.2. The lowest BCUT2D eigenvalue weighted by molar-refractivity contribution is 0.0954. The molecule has 0 heterocycles. The van der Waals surface area contributed by atoms with Gasteiger partial charge in [0.1, 0.15) is 0 Å². The zero-order valence-electron chi connectivity index (χ0n) is 14.7. The smallest absolute Gasteiger partial charge is 0.267 e. The fourth-order valence-electron chi connectivity index (χ4n) is 1.67. The number of carbonyl (C=O) groups excluding carboxylic acids is 2. The first-order valence-corrected chi connectivity index (χ1v) is 8.14. The maximum absolute atomic E-state index is 12.0. The summed E-state index contributed by atoms with van der Waals surface area (Å²) in [7, 11) is 0. The molecule has 0 aliphatic carbocycles. The molecule has 0 bridgehead atoms. The molecule has 0 saturated heterocycles. The van der Waals surface area contributed by atoms with Crippen molar-refractivity contribution in [3.05, 3.63) is 35.4 Å². The van der Waals surface area contributed by atoms with Gasteiger partial charge in [-0.2, -0.15) is 10.2 Å². The molecule has 0 saturated carbocycles. The van der Waals surface area contributed by atoms with E-state index in [1.54, 1.807) is 30.6 Å². The van der Waals surface area contributed by atoms with Crippen LogP contribution in [0.4, 0.5) is 0 Å². The molecule has 2 N–H and O–H groups in total. The van der Waals surface area contributed by atoms with Crippen molar-refractivity contribution in [3.63, 3.8) is 0 Å². The van der Waals surface area contributed by atoms with Gasteiger partial charge < -0.3 is 0 Å². The Labute approximate surface area is 143 Å². The van der Waals surface area contributed by atoms with Crippen LogP contribution in [-0.2, 0) is 0 Å². The van der Waals surface area contributed by atoms with Crippen LogP contribution in [0, 0.1) is 11.8 Å². The first-order valence-electron chi connectivity index (χ1n) is 8.14. The minimum absolute atomic E-state index is 0.354. The molecule has 6 heteroatoms. The molecular formula is C18H26N4O2. The Morgan fingerprint density at radius 3 is 1.71 bits per heavy atom. The molecular weight excluding hydrogens is 304 g/mol. The molecule has 1 aromatic carbocycles. The maximum Gasteiger partial charge on any atom is 0.271 e. The third-order valence-corrected chi connectivity index (χ3v) is 3.06. The van der Waals surface area contributed by atoms with Gasteiger partial charge in [-0.25, -0.2) is 10.9 Å². The van der Waals surface area contributed by atoms with Gasteiger partial charge in [0, 0.05) is 23.6 Å². The fourth-order valence-corrected chi connectivity index (χ4v) is 1.67. The molecule has 24 heavy (non-hydrogen) atoms. The second-order valence-electron chi connectivity index (χ2n) is 6.35. The Bertz CT molecular complexity index is 558. The van der Waals surface area contributed by atoms with E-state index in [4.69, 9.17) is 0 Å². The lowest BCUT2D eigenvalue weighted by atomic mass is 10.1. The zero-order valence-corrected chi connectivity index (χ0v) is 14.7. The van der Waals surface area contributed by atoms with Crippen LogP contribution in [-0.4, -0.2) is 24.2 Å². The molecule has 0 fully saturated rings. The highest BCUT2D eigenvalue weighted by Gasteiger charge is 2.09. The molecule has 0 radical (unpaired) electrons. The van der Waals surface area contributed by atoms with Crippen LogP contribution in [0.2, 0.25) is 0 Å². The Balaban J connectivity index is 2.62. The number of hydrazone groups is 2. The molecule has 1 rings (SSSR count). The summed E-state index contributed by atoms with van der Waals surface area (Å²) in [6.07, 6.45) is 4.92. The monoisotopic (exact) mass is 330 g/mol. The molecule has 0 atom stereocenters. The highest BCUT2D eigenvalue weighted by molar-refractivity contribution is 5.99. The third-order valence-electron chi connectivity index (χ3n) is 3.06. The first kappa shape index (κ1) is 19.5. The lowest BCUT2D eigenvalue weighted by Gasteiger charge is -2.04. The summed E-state index contributed by atoms with van der Waals surface area (Å²) < 4.78 is 0. The maximum atomic E-state index is 12.0. The van der Waals surface area contributed by atoms with Crippen LogP contribution in [0.1, 0.15) is 61.3 Å². The molecule has 0 aliphatic rings. The van der Waals surface area contributed by atoms with Gasteiger partial charge in [-0.1, -0.05) is 33.8 Å². The highest BCUT2D eigenvalue weighted by Crippen LogP contribution is 2.06. The number of hydrogen-bond acceptors (Lipinski definition) is 4. The lowest BCUT2D eigenvalue weighted by Crippen LogP contribution is -2.20. The minimum atomic E-state index is -0.354. The summed E-state index contributed by atoms with van der Waals surface area (Å²) in [5, 5.41) is 7.78. The topological polar surface area (TPSA) is 82.9 Å². The van der Waals surface area contributed by atoms with Crippen LogP contribution in [0.25, 0.3) is 0 Å². The molecule has 130 valence electrons. The van der Waals surface area contributed by atoms with Gasteiger partial charge in [0.2, 0.25) is 0 Å². The van der Waals surface area contributed by atoms with Gasteiger partial charge in [-0.3, -0.25) is 9.59 Å². The van der Waals surface area contributed by atoms with E-state index >= 15 is 0 Å². The SMILES string of the molecule is CC(C)CC=NNC(=O)c1cccc(C(=O)N/N=C/CC(C)C)c1. The number of benzene rings is 1. The van der Waals surface area contributed by atoms with Gasteiger partial charge >= 0.3 is 0 Å². The molecule has 0 unspecified atom stereocenters. The van der Waals surface area contributed by atoms with E-state index < -0.39 is 0 Å². The number of rotatable bonds is 8. The molecule has 1 aromatic rings. The van der Waals surface area contributed by atoms with Crippen molar-refractivity contribution < 1.29 is 9.59 Å². The van der Waals surface area contributed by atoms with Crippen molar-refractivity contribution in [3.8, 4) is 0 Å². The van der Waals surface area contributed by atoms with Crippen molar-refractivity contribution in [2.24, 2.45) is 22.0 Å². The minimum Gasteiger partial charge on any atom is -0.267 e. The third kappa shape index (κ3) is 7.67. The Morgan fingerprint density at radius 2 is 1.33 bits per heavy atom. The van der Waals surface area contributed by atoms with E-state index in [-0.39, 0.29) is 11.8 Å². The molecule has 0 aliphatic heterocycles. The van der Waals surface area contributed by atoms with E-state index in [9.17, 15) is 9.59 Å². The predicted molar refractivity (Wildman–Crippen MR) is 97.3 cm³/mol. The number of amides is 2. The van der Waals surface area contributed by atoms with Gasteiger partial charge in [0.05, 0.1) is 0 Å². The van der Waals surface area contributed by atoms with Crippen molar-refractivity contribution in [1.29, 1.82) is 0 Å². The summed E-state index contributed by atoms with van der Waals surface area (Å²) in [6, 6.07) is 6.43. The Morgan fingerprint density at radius 1 is 0.917 bits per heavy atom. The van der Waals surface area contributed by atoms with Gasteiger partial charge in [0.15, 0.2) is 0 Å². The van der Waals surface area contributed by atoms with Crippen LogP contribution >= 0.6 is 0 Å². The van der Waals surface area contributed by atoms with Crippen molar-refractivity contribution in [1.82, 2.24) is 10.9 Å². The van der Waals surface area contributed by atoms with Crippen LogP contribution in [0.15, 0.2) is 34.5 Å². The van der Waals surface area contributed by atoms with E-state index in [0.29, 0.717) is 23.0 Å². The summed E-state index contributed by atoms with van der Waals surface area (Å²) >= 11 is 0. The van der Waals surface area contributed by atoms with E-state index in [2.05, 4.69) is 48.7 Å². The quantitative estimate of drug-likeness (QED) is 0.567. The number of hydrogen-bond donors (Lipinski definition) is 2. The normalized spacial score (nSPS) is 11.6. The molecule has 2 amide bonds. The van der Waals surface area contributed by atoms with Gasteiger partial charge in [-0.15, -0.1) is 0 Å². The largest absolute Gasteiger partial charge is 0.271 e. The van der Waals surface area contributed by atoms with Crippen LogP contribution < -0.4 is 10.9 Å². The Kier molecular flexibility index (Phi) is 8.39. The van der Waals surface area contributed by atoms with Crippen molar-refractivity contribution in [2.75, 3.05) is 0 Å². The summed E-state index contributed by atoms with van der Waals surface area (Å²) in [6.45, 7) is 8.28. The first-order chi connectivity index (χ1) is 11.4. The summed E-state index contributed by atoms with van der Waals surface area (Å²) in [5.74, 6) is 0.254. The van der Waals surface area contributed by atoms with Gasteiger partial charge in [-0.05, 0) is 42.9 Å². The second kappa shape index (κ2) is 10.3. The molecule has 0 spiro atoms. The Hall–Kier alpha value is -2.50. The zero-order chi connectivity index (χ0) is 17.9. The van der Waals surface area contributed by atoms with Crippen molar-refractivity contribution in [2.45, 2.75) is 40.5 Å². The van der Waals surface area contributed by atoms with E-state index in [1.807, 2.05) is 0 Å². The fraction of sp³-hybridized carbons (Fsp3) is 0.444. The van der Waals surface area contributed by atoms with Crippen LogP contribution in [0.3, 0.4) is 0 Å². The number of carbonyl (C=O) groups is 2.